The maximum atomic E-state index is 13.2. The number of nitrogens with zero attached hydrogens (tertiary/aromatic N) is 2. The van der Waals surface area contributed by atoms with Crippen molar-refractivity contribution in [3.63, 3.8) is 0 Å². The Labute approximate surface area is 209 Å². The fraction of sp³-hybridized carbons (Fsp3) is 0.500. The van der Waals surface area contributed by atoms with Crippen molar-refractivity contribution in [1.82, 2.24) is 14.8 Å². The molecule has 2 aliphatic rings. The predicted molar refractivity (Wildman–Crippen MR) is 142 cm³/mol. The molecule has 2 heterocycles. The van der Waals surface area contributed by atoms with Gasteiger partial charge in [0.15, 0.2) is 0 Å². The van der Waals surface area contributed by atoms with Gasteiger partial charge in [-0.1, -0.05) is 67.8 Å². The summed E-state index contributed by atoms with van der Waals surface area (Å²) in [6.07, 6.45) is 9.26. The second-order valence-corrected chi connectivity index (χ2v) is 10.2. The lowest BCUT2D eigenvalue weighted by molar-refractivity contribution is -0.121. The first kappa shape index (κ1) is 24.1. The van der Waals surface area contributed by atoms with Crippen LogP contribution < -0.4 is 5.32 Å². The third-order valence-electron chi connectivity index (χ3n) is 7.89. The Morgan fingerprint density at radius 1 is 0.971 bits per heavy atom. The van der Waals surface area contributed by atoms with Gasteiger partial charge in [-0.05, 0) is 41.9 Å². The highest BCUT2D eigenvalue weighted by Gasteiger charge is 2.29. The van der Waals surface area contributed by atoms with E-state index in [1.54, 1.807) is 0 Å². The molecule has 1 saturated carbocycles. The zero-order valence-corrected chi connectivity index (χ0v) is 20.8. The van der Waals surface area contributed by atoms with Crippen LogP contribution in [0.2, 0.25) is 0 Å². The highest BCUT2D eigenvalue weighted by atomic mass is 16.5. The van der Waals surface area contributed by atoms with Gasteiger partial charge in [0.1, 0.15) is 0 Å². The summed E-state index contributed by atoms with van der Waals surface area (Å²) < 4.78 is 7.82. The second kappa shape index (κ2) is 11.9. The monoisotopic (exact) mass is 473 g/mol. The molecule has 5 rings (SSSR count). The summed E-state index contributed by atoms with van der Waals surface area (Å²) in [5.41, 5.74) is 3.92. The first-order chi connectivity index (χ1) is 17.3. The van der Waals surface area contributed by atoms with E-state index in [0.29, 0.717) is 18.9 Å². The summed E-state index contributed by atoms with van der Waals surface area (Å²) >= 11 is 0. The number of hydrogen-bond acceptors (Lipinski definition) is 3. The minimum absolute atomic E-state index is 0.189. The van der Waals surface area contributed by atoms with Crippen LogP contribution in [-0.2, 0) is 16.1 Å². The molecule has 35 heavy (non-hydrogen) atoms. The van der Waals surface area contributed by atoms with E-state index >= 15 is 0 Å². The highest BCUT2D eigenvalue weighted by molar-refractivity contribution is 5.86. The number of aromatic nitrogens is 1. The van der Waals surface area contributed by atoms with E-state index in [2.05, 4.69) is 75.6 Å². The van der Waals surface area contributed by atoms with E-state index in [-0.39, 0.29) is 11.8 Å². The lowest BCUT2D eigenvalue weighted by Crippen LogP contribution is -2.41. The third kappa shape index (κ3) is 6.14. The Kier molecular flexibility index (Phi) is 8.17. The van der Waals surface area contributed by atoms with E-state index < -0.39 is 0 Å². The van der Waals surface area contributed by atoms with Crippen molar-refractivity contribution < 1.29 is 9.53 Å². The predicted octanol–water partition coefficient (Wildman–Crippen LogP) is 5.19. The number of nitrogens with one attached hydrogen (secondary N) is 1. The molecule has 5 heteroatoms. The number of ether oxygens (including phenoxy) is 1. The summed E-state index contributed by atoms with van der Waals surface area (Å²) in [5, 5.41) is 4.54. The SMILES string of the molecule is O=C(C[C@@H](c1cn(Cc2ccccc2)c2ccccc12)C1CCCCC1)NCCN1CCOCC1. The quantitative estimate of drug-likeness (QED) is 0.465. The number of fused-ring (bicyclic) bond motifs is 1. The zero-order chi connectivity index (χ0) is 23.9. The van der Waals surface area contributed by atoms with Gasteiger partial charge in [-0.2, -0.15) is 0 Å². The normalized spacial score (nSPS) is 18.5. The summed E-state index contributed by atoms with van der Waals surface area (Å²) in [4.78, 5) is 15.6. The van der Waals surface area contributed by atoms with Gasteiger partial charge in [-0.15, -0.1) is 0 Å². The van der Waals surface area contributed by atoms with E-state index in [9.17, 15) is 4.79 Å². The lowest BCUT2D eigenvalue weighted by atomic mass is 9.75. The highest BCUT2D eigenvalue weighted by Crippen LogP contribution is 2.41. The molecule has 1 amide bonds. The fourth-order valence-electron chi connectivity index (χ4n) is 6.00. The Morgan fingerprint density at radius 3 is 2.51 bits per heavy atom. The van der Waals surface area contributed by atoms with Crippen LogP contribution in [0, 0.1) is 5.92 Å². The zero-order valence-electron chi connectivity index (χ0n) is 20.8. The topological polar surface area (TPSA) is 46.5 Å². The Morgan fingerprint density at radius 2 is 1.71 bits per heavy atom. The van der Waals surface area contributed by atoms with Crippen molar-refractivity contribution in [2.75, 3.05) is 39.4 Å². The van der Waals surface area contributed by atoms with Gasteiger partial charge < -0.3 is 14.6 Å². The maximum Gasteiger partial charge on any atom is 0.220 e. The minimum atomic E-state index is 0.189. The van der Waals surface area contributed by atoms with Crippen molar-refractivity contribution in [2.24, 2.45) is 5.92 Å². The third-order valence-corrected chi connectivity index (χ3v) is 7.89. The van der Waals surface area contributed by atoms with E-state index in [0.717, 1.165) is 39.4 Å². The fourth-order valence-corrected chi connectivity index (χ4v) is 6.00. The van der Waals surface area contributed by atoms with Crippen LogP contribution in [0.25, 0.3) is 10.9 Å². The maximum absolute atomic E-state index is 13.2. The van der Waals surface area contributed by atoms with Crippen molar-refractivity contribution in [3.05, 3.63) is 71.9 Å². The number of rotatable bonds is 9. The van der Waals surface area contributed by atoms with Gasteiger partial charge in [0, 0.05) is 56.2 Å². The summed E-state index contributed by atoms with van der Waals surface area (Å²) in [7, 11) is 0. The molecular weight excluding hydrogens is 434 g/mol. The number of carbonyl (C=O) groups excluding carboxylic acids is 1. The smallest absolute Gasteiger partial charge is 0.220 e. The van der Waals surface area contributed by atoms with E-state index in [1.807, 2.05) is 0 Å². The standard InChI is InChI=1S/C30H39N3O2/c34-30(31-15-16-32-17-19-35-20-18-32)21-27(25-11-5-2-6-12-25)28-23-33(22-24-9-3-1-4-10-24)29-14-8-7-13-26(28)29/h1,3-4,7-10,13-14,23,25,27H,2,5-6,11-12,15-22H2,(H,31,34)/t27-/m1/s1. The number of para-hydroxylation sites is 1. The second-order valence-electron chi connectivity index (χ2n) is 10.2. The summed E-state index contributed by atoms with van der Waals surface area (Å²) in [6, 6.07) is 19.4. The van der Waals surface area contributed by atoms with Crippen LogP contribution >= 0.6 is 0 Å². The lowest BCUT2D eigenvalue weighted by Gasteiger charge is -2.30. The molecule has 1 aliphatic heterocycles. The van der Waals surface area contributed by atoms with E-state index in [4.69, 9.17) is 4.74 Å². The average molecular weight is 474 g/mol. The van der Waals surface area contributed by atoms with Crippen LogP contribution in [0.1, 0.15) is 55.6 Å². The van der Waals surface area contributed by atoms with Crippen LogP contribution in [0.4, 0.5) is 0 Å². The van der Waals surface area contributed by atoms with Crippen LogP contribution in [0.5, 0.6) is 0 Å². The molecule has 2 fully saturated rings. The molecule has 2 aromatic carbocycles. The summed E-state index contributed by atoms with van der Waals surface area (Å²) in [5.74, 6) is 1.03. The molecule has 0 radical (unpaired) electrons. The van der Waals surface area contributed by atoms with Crippen molar-refractivity contribution in [1.29, 1.82) is 0 Å². The molecule has 3 aromatic rings. The first-order valence-electron chi connectivity index (χ1n) is 13.5. The van der Waals surface area contributed by atoms with Crippen molar-refractivity contribution in [2.45, 2.75) is 51.0 Å². The molecule has 1 aliphatic carbocycles. The van der Waals surface area contributed by atoms with Crippen molar-refractivity contribution in [3.8, 4) is 0 Å². The van der Waals surface area contributed by atoms with Crippen molar-refractivity contribution >= 4 is 16.8 Å². The van der Waals surface area contributed by atoms with Crippen LogP contribution in [-0.4, -0.2) is 54.8 Å². The van der Waals surface area contributed by atoms with Crippen LogP contribution in [0.15, 0.2) is 60.8 Å². The van der Waals surface area contributed by atoms with Crippen LogP contribution in [0.3, 0.4) is 0 Å². The number of carbonyl (C=O) groups is 1. The molecule has 0 bridgehead atoms. The molecule has 1 N–H and O–H groups in total. The summed E-state index contributed by atoms with van der Waals surface area (Å²) in [6.45, 7) is 5.98. The van der Waals surface area contributed by atoms with Gasteiger partial charge in [0.2, 0.25) is 5.91 Å². The molecular formula is C30H39N3O2. The molecule has 1 atom stereocenters. The Bertz CT molecular complexity index is 1080. The molecule has 186 valence electrons. The van der Waals surface area contributed by atoms with Gasteiger partial charge in [-0.3, -0.25) is 9.69 Å². The molecule has 1 saturated heterocycles. The number of morpholine rings is 1. The van der Waals surface area contributed by atoms with Gasteiger partial charge in [-0.25, -0.2) is 0 Å². The molecule has 0 spiro atoms. The molecule has 0 unspecified atom stereocenters. The largest absolute Gasteiger partial charge is 0.379 e. The number of amides is 1. The molecule has 1 aromatic heterocycles. The number of hydrogen-bond donors (Lipinski definition) is 1. The minimum Gasteiger partial charge on any atom is -0.379 e. The Hall–Kier alpha value is -2.63. The average Bonchev–Trinajstić information content (AvgIpc) is 3.27. The van der Waals surface area contributed by atoms with Gasteiger partial charge in [0.25, 0.3) is 0 Å². The van der Waals surface area contributed by atoms with Gasteiger partial charge in [0.05, 0.1) is 13.2 Å². The van der Waals surface area contributed by atoms with Gasteiger partial charge >= 0.3 is 0 Å². The number of benzene rings is 2. The van der Waals surface area contributed by atoms with E-state index in [1.165, 1.54) is 54.1 Å². The Balaban J connectivity index is 1.35. The first-order valence-corrected chi connectivity index (χ1v) is 13.5. The molecule has 5 nitrogen and oxygen atoms in total.